The highest BCUT2D eigenvalue weighted by molar-refractivity contribution is 6.34. The lowest BCUT2D eigenvalue weighted by Crippen LogP contribution is -2.54. The van der Waals surface area contributed by atoms with E-state index in [1.165, 1.54) is 0 Å². The maximum Gasteiger partial charge on any atom is 0.410 e. The van der Waals surface area contributed by atoms with E-state index in [9.17, 15) is 29.7 Å². The Morgan fingerprint density at radius 2 is 1.60 bits per heavy atom. The number of nitrogens with one attached hydrogen (secondary N) is 1. The Labute approximate surface area is 283 Å². The number of aromatic hydroxyl groups is 1. The Morgan fingerprint density at radius 3 is 2.29 bits per heavy atom. The molecule has 4 heterocycles. The molecular weight excluding hydrogens is 613 g/mol. The Morgan fingerprint density at radius 1 is 0.938 bits per heavy atom. The fraction of sp³-hybridized carbons (Fsp3) is 0.571. The van der Waals surface area contributed by atoms with Crippen molar-refractivity contribution < 1.29 is 34.4 Å². The summed E-state index contributed by atoms with van der Waals surface area (Å²) >= 11 is 0. The molecule has 0 radical (unpaired) electrons. The lowest BCUT2D eigenvalue weighted by molar-refractivity contribution is -0.143. The minimum Gasteiger partial charge on any atom is -0.509 e. The predicted molar refractivity (Wildman–Crippen MR) is 183 cm³/mol. The lowest BCUT2D eigenvalue weighted by Gasteiger charge is -2.44. The number of urea groups is 1. The van der Waals surface area contributed by atoms with Crippen LogP contribution in [0.2, 0.25) is 0 Å². The average Bonchev–Trinajstić information content (AvgIpc) is 3.27. The first-order valence-electron chi connectivity index (χ1n) is 17.4. The molecule has 4 aliphatic rings. The molecule has 2 aromatic carbocycles. The third-order valence-electron chi connectivity index (χ3n) is 10.8. The van der Waals surface area contributed by atoms with Crippen LogP contribution in [0, 0.1) is 0 Å². The second-order valence-corrected chi connectivity index (χ2v) is 13.9. The number of ether oxygens (including phenoxy) is 1. The van der Waals surface area contributed by atoms with Crippen molar-refractivity contribution in [2.24, 2.45) is 0 Å². The summed E-state index contributed by atoms with van der Waals surface area (Å²) in [4.78, 5) is 48.2. The third-order valence-corrected chi connectivity index (χ3v) is 10.8. The van der Waals surface area contributed by atoms with Crippen LogP contribution in [0.4, 0.5) is 15.3 Å². The van der Waals surface area contributed by atoms with Crippen molar-refractivity contribution in [2.45, 2.75) is 75.2 Å². The van der Waals surface area contributed by atoms with E-state index in [2.05, 4.69) is 10.2 Å². The van der Waals surface area contributed by atoms with Gasteiger partial charge in [-0.2, -0.15) is 0 Å². The number of likely N-dealkylation sites (tertiary alicyclic amines) is 3. The smallest absolute Gasteiger partial charge is 0.410 e. The molecule has 1 atom stereocenters. The number of phenolic OH excluding ortho intramolecular Hbond substituents is 1. The summed E-state index contributed by atoms with van der Waals surface area (Å²) in [5, 5.41) is 33.0. The molecule has 258 valence electrons. The van der Waals surface area contributed by atoms with E-state index in [1.54, 1.807) is 29.8 Å². The van der Waals surface area contributed by atoms with Crippen molar-refractivity contribution in [1.29, 1.82) is 0 Å². The van der Waals surface area contributed by atoms with Crippen LogP contribution in [0.3, 0.4) is 0 Å². The van der Waals surface area contributed by atoms with Gasteiger partial charge in [-0.05, 0) is 73.7 Å². The molecule has 3 saturated heterocycles. The zero-order valence-corrected chi connectivity index (χ0v) is 27.9. The van der Waals surface area contributed by atoms with Crippen LogP contribution >= 0.6 is 0 Å². The topological polar surface area (TPSA) is 146 Å². The molecule has 13 heteroatoms. The molecule has 4 aliphatic heterocycles. The van der Waals surface area contributed by atoms with E-state index in [-0.39, 0.29) is 36.8 Å². The van der Waals surface area contributed by atoms with Gasteiger partial charge in [0.25, 0.3) is 5.91 Å². The monoisotopic (exact) mass is 661 g/mol. The van der Waals surface area contributed by atoms with Gasteiger partial charge in [0.2, 0.25) is 0 Å². The predicted octanol–water partition coefficient (Wildman–Crippen LogP) is 1.06. The molecule has 0 aromatic heterocycles. The van der Waals surface area contributed by atoms with Gasteiger partial charge in [0, 0.05) is 70.0 Å². The number of carbonyl (C=O) groups excluding carboxylic acids is 3. The van der Waals surface area contributed by atoms with Gasteiger partial charge < -0.3 is 45.0 Å². The van der Waals surface area contributed by atoms with Crippen LogP contribution in [0.15, 0.2) is 42.5 Å². The highest BCUT2D eigenvalue weighted by Crippen LogP contribution is 2.28. The molecule has 4 N–H and O–H groups in total. The number of nitrogens with zero attached hydrogens (tertiary/aromatic N) is 4. The van der Waals surface area contributed by atoms with Crippen LogP contribution in [0.5, 0.6) is 5.75 Å². The summed E-state index contributed by atoms with van der Waals surface area (Å²) in [5.41, 5.74) is 2.43. The summed E-state index contributed by atoms with van der Waals surface area (Å²) in [7, 11) is 1.79. The molecule has 0 unspecified atom stereocenters. The number of aliphatic hydroxyl groups is 2. The molecule has 48 heavy (non-hydrogen) atoms. The first-order chi connectivity index (χ1) is 23.1. The number of benzene rings is 2. The van der Waals surface area contributed by atoms with Crippen molar-refractivity contribution >= 4 is 37.0 Å². The number of fused-ring (bicyclic) bond motifs is 1. The van der Waals surface area contributed by atoms with Gasteiger partial charge in [-0.1, -0.05) is 30.3 Å². The van der Waals surface area contributed by atoms with E-state index in [0.717, 1.165) is 36.1 Å². The SMILES string of the molecule is Bc1cc(C[C@@H](OC(=O)N2CCC(N3CCc4ccccc4NC3=O)CC2)C(=O)N2CCC(N3CCC(O)(CO)CC3)CC2)ccc1O. The first-order valence-corrected chi connectivity index (χ1v) is 17.4. The van der Waals surface area contributed by atoms with Crippen molar-refractivity contribution in [3.8, 4) is 5.75 Å². The Hall–Kier alpha value is -3.81. The van der Waals surface area contributed by atoms with E-state index in [1.807, 2.05) is 35.2 Å². The Kier molecular flexibility index (Phi) is 10.5. The number of amides is 4. The number of rotatable bonds is 7. The number of para-hydroxylation sites is 1. The average molecular weight is 662 g/mol. The molecule has 0 saturated carbocycles. The summed E-state index contributed by atoms with van der Waals surface area (Å²) in [6, 6.07) is 13.2. The third kappa shape index (κ3) is 7.74. The Balaban J connectivity index is 1.06. The molecule has 0 aliphatic carbocycles. The molecule has 0 spiro atoms. The molecule has 6 rings (SSSR count). The van der Waals surface area contributed by atoms with E-state index < -0.39 is 17.8 Å². The summed E-state index contributed by atoms with van der Waals surface area (Å²) < 4.78 is 6.00. The summed E-state index contributed by atoms with van der Waals surface area (Å²) in [5.74, 6) is -0.0582. The quantitative estimate of drug-likeness (QED) is 0.323. The standard InChI is InChI=1S/C35H48BN5O7/c36-28-21-24(5-6-30(28)43)22-31(32(44)39-14-8-26(9-15-39)38-19-12-35(47,23-42)13-20-38)48-34(46)40-16-10-27(11-17-40)41-18-7-25-3-1-2-4-29(25)37-33(41)45/h1-6,21,26-27,31,42-43,47H,7-20,22-23,36H2,(H,37,45)/t31-/m1/s1. The van der Waals surface area contributed by atoms with Gasteiger partial charge in [0.1, 0.15) is 13.6 Å². The van der Waals surface area contributed by atoms with Crippen LogP contribution in [-0.4, -0.2) is 137 Å². The maximum atomic E-state index is 14.0. The second kappa shape index (κ2) is 14.8. The highest BCUT2D eigenvalue weighted by atomic mass is 16.6. The summed E-state index contributed by atoms with van der Waals surface area (Å²) in [6.45, 7) is 3.74. The van der Waals surface area contributed by atoms with E-state index in [0.29, 0.717) is 83.0 Å². The minimum absolute atomic E-state index is 0.000556. The number of anilines is 1. The molecule has 3 fully saturated rings. The van der Waals surface area contributed by atoms with Gasteiger partial charge in [-0.25, -0.2) is 9.59 Å². The van der Waals surface area contributed by atoms with E-state index >= 15 is 0 Å². The molecular formula is C35H48BN5O7. The number of aliphatic hydroxyl groups excluding tert-OH is 1. The molecule has 4 amide bonds. The number of hydrogen-bond acceptors (Lipinski definition) is 8. The second-order valence-electron chi connectivity index (χ2n) is 13.9. The number of phenols is 1. The maximum absolute atomic E-state index is 14.0. The normalized spacial score (nSPS) is 21.6. The van der Waals surface area contributed by atoms with Crippen molar-refractivity contribution in [3.05, 3.63) is 53.6 Å². The molecule has 2 aromatic rings. The lowest BCUT2D eigenvalue weighted by atomic mass is 9.90. The fourth-order valence-corrected chi connectivity index (χ4v) is 7.65. The van der Waals surface area contributed by atoms with Crippen LogP contribution in [0.1, 0.15) is 49.7 Å². The molecule has 0 bridgehead atoms. The van der Waals surface area contributed by atoms with Crippen LogP contribution < -0.4 is 10.8 Å². The van der Waals surface area contributed by atoms with E-state index in [4.69, 9.17) is 4.74 Å². The largest absolute Gasteiger partial charge is 0.509 e. The van der Waals surface area contributed by atoms with Crippen LogP contribution in [0.25, 0.3) is 0 Å². The fourth-order valence-electron chi connectivity index (χ4n) is 7.65. The number of piperidine rings is 3. The zero-order valence-electron chi connectivity index (χ0n) is 27.9. The highest BCUT2D eigenvalue weighted by Gasteiger charge is 2.38. The van der Waals surface area contributed by atoms with Gasteiger partial charge >= 0.3 is 12.1 Å². The van der Waals surface area contributed by atoms with Crippen molar-refractivity contribution in [1.82, 2.24) is 19.6 Å². The zero-order chi connectivity index (χ0) is 33.8. The van der Waals surface area contributed by atoms with Crippen LogP contribution in [-0.2, 0) is 22.4 Å². The van der Waals surface area contributed by atoms with Gasteiger partial charge in [-0.3, -0.25) is 4.79 Å². The minimum atomic E-state index is -1.01. The van der Waals surface area contributed by atoms with Gasteiger partial charge in [0.05, 0.1) is 12.2 Å². The van der Waals surface area contributed by atoms with Crippen molar-refractivity contribution in [2.75, 3.05) is 57.7 Å². The number of carbonyl (C=O) groups is 3. The first kappa shape index (κ1) is 34.1. The Bertz CT molecular complexity index is 1470. The summed E-state index contributed by atoms with van der Waals surface area (Å²) in [6.07, 6.45) is 3.28. The van der Waals surface area contributed by atoms with Crippen molar-refractivity contribution in [3.63, 3.8) is 0 Å². The van der Waals surface area contributed by atoms with Gasteiger partial charge in [-0.15, -0.1) is 0 Å². The molecule has 12 nitrogen and oxygen atoms in total. The van der Waals surface area contributed by atoms with Gasteiger partial charge in [0.15, 0.2) is 6.10 Å². The number of hydrogen-bond donors (Lipinski definition) is 4.